The summed E-state index contributed by atoms with van der Waals surface area (Å²) in [4.78, 5) is 35.9. The number of fused-ring (bicyclic) bond motifs is 1. The Kier molecular flexibility index (Phi) is 6.59. The smallest absolute Gasteiger partial charge is 0.360 e. The molecule has 0 aliphatic carbocycles. The summed E-state index contributed by atoms with van der Waals surface area (Å²) in [6.45, 7) is 5.13. The maximum atomic E-state index is 12.1. The van der Waals surface area contributed by atoms with E-state index in [9.17, 15) is 19.5 Å². The van der Waals surface area contributed by atoms with Crippen molar-refractivity contribution in [1.82, 2.24) is 0 Å². The molecule has 8 nitrogen and oxygen atoms in total. The van der Waals surface area contributed by atoms with Crippen molar-refractivity contribution in [3.8, 4) is 5.75 Å². The molecule has 0 saturated heterocycles. The van der Waals surface area contributed by atoms with E-state index in [1.54, 1.807) is 32.9 Å². The van der Waals surface area contributed by atoms with Crippen molar-refractivity contribution in [2.24, 2.45) is 5.92 Å². The quantitative estimate of drug-likeness (QED) is 0.431. The summed E-state index contributed by atoms with van der Waals surface area (Å²) in [5, 5.41) is 13.0. The summed E-state index contributed by atoms with van der Waals surface area (Å²) >= 11 is 0. The molecule has 0 fully saturated rings. The third kappa shape index (κ3) is 4.66. The van der Waals surface area contributed by atoms with E-state index in [1.807, 2.05) is 0 Å². The molecule has 0 aliphatic rings. The van der Waals surface area contributed by atoms with E-state index in [0.717, 1.165) is 0 Å². The van der Waals surface area contributed by atoms with Gasteiger partial charge in [-0.1, -0.05) is 0 Å². The molecule has 1 aromatic carbocycles. The Balaban J connectivity index is 2.26. The van der Waals surface area contributed by atoms with Gasteiger partial charge in [0.1, 0.15) is 17.0 Å². The lowest BCUT2D eigenvalue weighted by atomic mass is 10.1. The normalized spacial score (nSPS) is 11.1. The maximum absolute atomic E-state index is 12.1. The zero-order chi connectivity index (χ0) is 20.0. The van der Waals surface area contributed by atoms with Gasteiger partial charge in [-0.2, -0.15) is 0 Å². The number of carbonyl (C=O) groups excluding carboxylic acids is 2. The van der Waals surface area contributed by atoms with E-state index in [1.165, 1.54) is 18.3 Å². The van der Waals surface area contributed by atoms with Gasteiger partial charge in [0, 0.05) is 10.9 Å². The molecule has 1 aromatic heterocycles. The van der Waals surface area contributed by atoms with Crippen molar-refractivity contribution in [3.05, 3.63) is 46.5 Å². The van der Waals surface area contributed by atoms with Crippen molar-refractivity contribution in [1.29, 1.82) is 0 Å². The molecule has 0 unspecified atom stereocenters. The first-order chi connectivity index (χ1) is 12.9. The molecule has 27 heavy (non-hydrogen) atoms. The Morgan fingerprint density at radius 2 is 1.85 bits per heavy atom. The highest BCUT2D eigenvalue weighted by Crippen LogP contribution is 2.26. The number of phenolic OH excluding ortho intramolecular Hbond substituents is 1. The number of phenols is 1. The van der Waals surface area contributed by atoms with Crippen molar-refractivity contribution >= 4 is 28.6 Å². The van der Waals surface area contributed by atoms with Crippen LogP contribution in [0.2, 0.25) is 0 Å². The molecule has 0 radical (unpaired) electrons. The molecule has 0 amide bonds. The number of hydrogen-bond acceptors (Lipinski definition) is 8. The number of ether oxygens (including phenoxy) is 2. The Bertz CT molecular complexity index is 912. The number of benzene rings is 1. The van der Waals surface area contributed by atoms with Crippen LogP contribution in [0.15, 0.2) is 39.7 Å². The second-order valence-electron chi connectivity index (χ2n) is 5.56. The molecule has 2 aromatic rings. The minimum Gasteiger partial charge on any atom is -0.508 e. The predicted octanol–water partition coefficient (Wildman–Crippen LogP) is 2.48. The first-order valence-corrected chi connectivity index (χ1v) is 8.41. The minimum absolute atomic E-state index is 0.0259. The van der Waals surface area contributed by atoms with Crippen molar-refractivity contribution in [3.63, 3.8) is 0 Å². The SMILES string of the molecule is CCOC(=O)C(/C=C/Nc1cc2ccc(O)c(C)c2oc1=O)C(=O)OCC. The van der Waals surface area contributed by atoms with Gasteiger partial charge in [-0.3, -0.25) is 9.59 Å². The van der Waals surface area contributed by atoms with Crippen LogP contribution in [-0.2, 0) is 19.1 Å². The third-order valence-corrected chi connectivity index (χ3v) is 3.73. The average Bonchev–Trinajstić information content (AvgIpc) is 2.63. The topological polar surface area (TPSA) is 115 Å². The molecular formula is C19H21NO7. The van der Waals surface area contributed by atoms with Gasteiger partial charge in [-0.15, -0.1) is 0 Å². The molecule has 2 N–H and O–H groups in total. The Hall–Kier alpha value is -3.29. The average molecular weight is 375 g/mol. The van der Waals surface area contributed by atoms with Crippen molar-refractivity contribution in [2.75, 3.05) is 18.5 Å². The highest BCUT2D eigenvalue weighted by Gasteiger charge is 2.26. The fraction of sp³-hybridized carbons (Fsp3) is 0.316. The van der Waals surface area contributed by atoms with E-state index in [0.29, 0.717) is 10.9 Å². The van der Waals surface area contributed by atoms with Crippen molar-refractivity contribution < 1.29 is 28.6 Å². The van der Waals surface area contributed by atoms with Crippen LogP contribution >= 0.6 is 0 Å². The lowest BCUT2D eigenvalue weighted by molar-refractivity contribution is -0.158. The minimum atomic E-state index is -1.25. The van der Waals surface area contributed by atoms with Crippen LogP contribution in [0.1, 0.15) is 19.4 Å². The van der Waals surface area contributed by atoms with Gasteiger partial charge < -0.3 is 24.3 Å². The number of anilines is 1. The molecule has 0 bridgehead atoms. The molecule has 1 heterocycles. The zero-order valence-electron chi connectivity index (χ0n) is 15.3. The molecule has 8 heteroatoms. The molecule has 0 saturated carbocycles. The number of carbonyl (C=O) groups is 2. The van der Waals surface area contributed by atoms with Gasteiger partial charge in [0.05, 0.1) is 13.2 Å². The van der Waals surface area contributed by atoms with E-state index < -0.39 is 23.5 Å². The standard InChI is InChI=1S/C19H21NO7/c1-4-25-17(22)13(18(23)26-5-2)8-9-20-14-10-12-6-7-15(21)11(3)16(12)27-19(14)24/h6-10,13,20-21H,4-5H2,1-3H3/b9-8+. The number of nitrogens with one attached hydrogen (secondary N) is 1. The fourth-order valence-electron chi connectivity index (χ4n) is 2.37. The Morgan fingerprint density at radius 1 is 1.22 bits per heavy atom. The molecule has 0 aliphatic heterocycles. The summed E-state index contributed by atoms with van der Waals surface area (Å²) in [7, 11) is 0. The highest BCUT2D eigenvalue weighted by molar-refractivity contribution is 5.97. The largest absolute Gasteiger partial charge is 0.508 e. The summed E-state index contributed by atoms with van der Waals surface area (Å²) < 4.78 is 15.0. The molecule has 2 rings (SSSR count). The summed E-state index contributed by atoms with van der Waals surface area (Å²) in [6.07, 6.45) is 2.53. The number of esters is 2. The second-order valence-corrected chi connectivity index (χ2v) is 5.56. The van der Waals surface area contributed by atoms with Gasteiger partial charge in [0.2, 0.25) is 0 Å². The predicted molar refractivity (Wildman–Crippen MR) is 98.4 cm³/mol. The van der Waals surface area contributed by atoms with Gasteiger partial charge in [-0.05, 0) is 51.2 Å². The Morgan fingerprint density at radius 3 is 2.44 bits per heavy atom. The van der Waals surface area contributed by atoms with E-state index in [-0.39, 0.29) is 30.2 Å². The van der Waals surface area contributed by atoms with Crippen LogP contribution in [-0.4, -0.2) is 30.3 Å². The van der Waals surface area contributed by atoms with Crippen molar-refractivity contribution in [2.45, 2.75) is 20.8 Å². The first kappa shape index (κ1) is 20.0. The fourth-order valence-corrected chi connectivity index (χ4v) is 2.37. The van der Waals surface area contributed by atoms with Crippen LogP contribution in [0.5, 0.6) is 5.75 Å². The number of rotatable bonds is 7. The first-order valence-electron chi connectivity index (χ1n) is 8.41. The van der Waals surface area contributed by atoms with Crippen LogP contribution in [0.3, 0.4) is 0 Å². The third-order valence-electron chi connectivity index (χ3n) is 3.73. The summed E-state index contributed by atoms with van der Waals surface area (Å²) in [5.41, 5.74) is 0.182. The van der Waals surface area contributed by atoms with Crippen LogP contribution in [0, 0.1) is 12.8 Å². The molecular weight excluding hydrogens is 354 g/mol. The number of hydrogen-bond donors (Lipinski definition) is 2. The van der Waals surface area contributed by atoms with Crippen LogP contribution in [0.4, 0.5) is 5.69 Å². The lowest BCUT2D eigenvalue weighted by Gasteiger charge is -2.10. The van der Waals surface area contributed by atoms with E-state index in [4.69, 9.17) is 13.9 Å². The Labute approximate surface area is 155 Å². The van der Waals surface area contributed by atoms with Gasteiger partial charge in [0.15, 0.2) is 5.92 Å². The van der Waals surface area contributed by atoms with Crippen LogP contribution in [0.25, 0.3) is 11.0 Å². The lowest BCUT2D eigenvalue weighted by Crippen LogP contribution is -2.26. The molecule has 0 atom stereocenters. The highest BCUT2D eigenvalue weighted by atomic mass is 16.6. The number of aromatic hydroxyl groups is 1. The monoisotopic (exact) mass is 375 g/mol. The van der Waals surface area contributed by atoms with Gasteiger partial charge >= 0.3 is 17.6 Å². The molecule has 144 valence electrons. The van der Waals surface area contributed by atoms with E-state index >= 15 is 0 Å². The summed E-state index contributed by atoms with van der Waals surface area (Å²) in [5.74, 6) is -2.71. The molecule has 0 spiro atoms. The number of aryl methyl sites for hydroxylation is 1. The van der Waals surface area contributed by atoms with Gasteiger partial charge in [-0.25, -0.2) is 4.79 Å². The van der Waals surface area contributed by atoms with Gasteiger partial charge in [0.25, 0.3) is 0 Å². The van der Waals surface area contributed by atoms with Crippen LogP contribution < -0.4 is 10.9 Å². The summed E-state index contributed by atoms with van der Waals surface area (Å²) in [6, 6.07) is 4.64. The maximum Gasteiger partial charge on any atom is 0.360 e. The zero-order valence-corrected chi connectivity index (χ0v) is 15.3. The second kappa shape index (κ2) is 8.88. The van der Waals surface area contributed by atoms with E-state index in [2.05, 4.69) is 5.32 Å².